The first-order valence-electron chi connectivity index (χ1n) is 13.2. The van der Waals surface area contributed by atoms with Crippen LogP contribution < -0.4 is 0 Å². The fraction of sp³-hybridized carbons (Fsp3) is 0.962. The van der Waals surface area contributed by atoms with Gasteiger partial charge in [0.25, 0.3) is 0 Å². The summed E-state index contributed by atoms with van der Waals surface area (Å²) >= 11 is 0. The Kier molecular flexibility index (Phi) is 26.8. The largest absolute Gasteiger partial charge is 0.481 e. The summed E-state index contributed by atoms with van der Waals surface area (Å²) in [5.74, 6) is -0.660. The Balaban J connectivity index is 3.00. The monoisotopic (exact) mass is 444 g/mol. The molecule has 0 radical (unpaired) electrons. The first-order chi connectivity index (χ1) is 15.3. The summed E-state index contributed by atoms with van der Waals surface area (Å²) in [7, 11) is 0. The molecule has 5 nitrogen and oxygen atoms in total. The third-order valence-corrected chi connectivity index (χ3v) is 5.63. The summed E-state index contributed by atoms with van der Waals surface area (Å²) in [6, 6.07) is 0. The molecule has 0 fully saturated rings. The Morgan fingerprint density at radius 2 is 0.806 bits per heavy atom. The molecule has 0 aliphatic carbocycles. The van der Waals surface area contributed by atoms with Crippen molar-refractivity contribution in [1.82, 2.24) is 0 Å². The minimum atomic E-state index is -0.660. The minimum absolute atomic E-state index is 0.335. The predicted octanol–water partition coefficient (Wildman–Crippen LogP) is 7.16. The molecule has 0 saturated heterocycles. The van der Waals surface area contributed by atoms with E-state index in [0.29, 0.717) is 32.8 Å². The molecule has 0 aliphatic heterocycles. The van der Waals surface area contributed by atoms with Crippen molar-refractivity contribution < 1.29 is 24.1 Å². The molecule has 0 aromatic heterocycles. The molecule has 0 saturated carbocycles. The van der Waals surface area contributed by atoms with Gasteiger partial charge in [-0.15, -0.1) is 0 Å². The molecule has 0 heterocycles. The highest BCUT2D eigenvalue weighted by atomic mass is 16.5. The van der Waals surface area contributed by atoms with Crippen molar-refractivity contribution in [2.75, 3.05) is 39.6 Å². The van der Waals surface area contributed by atoms with Gasteiger partial charge in [-0.3, -0.25) is 4.79 Å². The van der Waals surface area contributed by atoms with Gasteiger partial charge in [0, 0.05) is 19.6 Å². The van der Waals surface area contributed by atoms with E-state index in [1.165, 1.54) is 96.3 Å². The van der Waals surface area contributed by atoms with Crippen molar-refractivity contribution in [1.29, 1.82) is 0 Å². The van der Waals surface area contributed by atoms with Gasteiger partial charge in [-0.2, -0.15) is 0 Å². The molecule has 186 valence electrons. The number of hydrogen-bond acceptors (Lipinski definition) is 4. The van der Waals surface area contributed by atoms with Crippen LogP contribution in [0.15, 0.2) is 0 Å². The van der Waals surface area contributed by atoms with Crippen LogP contribution in [-0.2, 0) is 19.0 Å². The molecule has 5 heteroatoms. The Morgan fingerprint density at radius 1 is 0.484 bits per heavy atom. The van der Waals surface area contributed by atoms with E-state index in [2.05, 4.69) is 0 Å². The Morgan fingerprint density at radius 3 is 1.19 bits per heavy atom. The number of rotatable bonds is 27. The number of carboxylic acids is 1. The zero-order valence-electron chi connectivity index (χ0n) is 20.6. The van der Waals surface area contributed by atoms with Crippen LogP contribution in [0.2, 0.25) is 0 Å². The van der Waals surface area contributed by atoms with E-state index >= 15 is 0 Å². The van der Waals surface area contributed by atoms with Crippen molar-refractivity contribution >= 4 is 5.97 Å². The SMILES string of the molecule is CCOCCOCCOCCCCCCCCCCCCCCCCCCCC(=O)O. The summed E-state index contributed by atoms with van der Waals surface area (Å²) in [6.07, 6.45) is 22.3. The van der Waals surface area contributed by atoms with Gasteiger partial charge in [0.2, 0.25) is 0 Å². The van der Waals surface area contributed by atoms with Gasteiger partial charge in [-0.1, -0.05) is 96.3 Å². The van der Waals surface area contributed by atoms with Crippen molar-refractivity contribution in [3.8, 4) is 0 Å². The van der Waals surface area contributed by atoms with E-state index in [9.17, 15) is 4.79 Å². The Hall–Kier alpha value is -0.650. The van der Waals surface area contributed by atoms with Gasteiger partial charge in [0.1, 0.15) is 0 Å². The van der Waals surface area contributed by atoms with Crippen LogP contribution in [0.4, 0.5) is 0 Å². The molecule has 0 aliphatic rings. The number of ether oxygens (including phenoxy) is 3. The Bertz CT molecular complexity index is 349. The van der Waals surface area contributed by atoms with Gasteiger partial charge >= 0.3 is 5.97 Å². The molecule has 0 spiro atoms. The van der Waals surface area contributed by atoms with Gasteiger partial charge in [0.05, 0.1) is 26.4 Å². The second-order valence-corrected chi connectivity index (χ2v) is 8.58. The first kappa shape index (κ1) is 30.4. The van der Waals surface area contributed by atoms with E-state index < -0.39 is 5.97 Å². The average Bonchev–Trinajstić information content (AvgIpc) is 2.76. The maximum absolute atomic E-state index is 10.4. The van der Waals surface area contributed by atoms with Crippen LogP contribution in [0.5, 0.6) is 0 Å². The molecule has 0 unspecified atom stereocenters. The van der Waals surface area contributed by atoms with Crippen LogP contribution in [0.25, 0.3) is 0 Å². The van der Waals surface area contributed by atoms with Gasteiger partial charge in [0.15, 0.2) is 0 Å². The summed E-state index contributed by atoms with van der Waals surface area (Å²) in [4.78, 5) is 10.4. The van der Waals surface area contributed by atoms with Crippen molar-refractivity contribution in [3.05, 3.63) is 0 Å². The van der Waals surface area contributed by atoms with Crippen molar-refractivity contribution in [3.63, 3.8) is 0 Å². The normalized spacial score (nSPS) is 11.3. The lowest BCUT2D eigenvalue weighted by molar-refractivity contribution is -0.137. The second kappa shape index (κ2) is 27.4. The van der Waals surface area contributed by atoms with Gasteiger partial charge in [-0.05, 0) is 19.8 Å². The molecule has 0 rings (SSSR count). The van der Waals surface area contributed by atoms with Crippen LogP contribution in [0.3, 0.4) is 0 Å². The third kappa shape index (κ3) is 29.4. The quantitative estimate of drug-likeness (QED) is 0.136. The van der Waals surface area contributed by atoms with Crippen LogP contribution in [0.1, 0.15) is 122 Å². The topological polar surface area (TPSA) is 65.0 Å². The molecular formula is C26H52O5. The zero-order valence-corrected chi connectivity index (χ0v) is 20.6. The third-order valence-electron chi connectivity index (χ3n) is 5.63. The van der Waals surface area contributed by atoms with Crippen molar-refractivity contribution in [2.45, 2.75) is 122 Å². The Labute approximate surface area is 192 Å². The van der Waals surface area contributed by atoms with Gasteiger partial charge in [-0.25, -0.2) is 0 Å². The lowest BCUT2D eigenvalue weighted by atomic mass is 10.0. The number of carbonyl (C=O) groups is 1. The highest BCUT2D eigenvalue weighted by molar-refractivity contribution is 5.66. The number of aliphatic carboxylic acids is 1. The van der Waals surface area contributed by atoms with Crippen LogP contribution >= 0.6 is 0 Å². The van der Waals surface area contributed by atoms with Crippen LogP contribution in [0, 0.1) is 0 Å². The molecule has 0 atom stereocenters. The lowest BCUT2D eigenvalue weighted by Gasteiger charge is -2.06. The predicted molar refractivity (Wildman–Crippen MR) is 129 cm³/mol. The first-order valence-corrected chi connectivity index (χ1v) is 13.2. The van der Waals surface area contributed by atoms with E-state index in [1.807, 2.05) is 6.92 Å². The maximum atomic E-state index is 10.4. The summed E-state index contributed by atoms with van der Waals surface area (Å²) in [5, 5.41) is 8.59. The molecule has 0 amide bonds. The highest BCUT2D eigenvalue weighted by Gasteiger charge is 1.97. The molecule has 0 bridgehead atoms. The lowest BCUT2D eigenvalue weighted by Crippen LogP contribution is -2.09. The van der Waals surface area contributed by atoms with E-state index in [4.69, 9.17) is 19.3 Å². The summed E-state index contributed by atoms with van der Waals surface area (Å²) < 4.78 is 16.2. The smallest absolute Gasteiger partial charge is 0.303 e. The van der Waals surface area contributed by atoms with E-state index in [1.54, 1.807) is 0 Å². The van der Waals surface area contributed by atoms with E-state index in [0.717, 1.165) is 26.1 Å². The van der Waals surface area contributed by atoms with E-state index in [-0.39, 0.29) is 0 Å². The second-order valence-electron chi connectivity index (χ2n) is 8.58. The fourth-order valence-electron chi connectivity index (χ4n) is 3.72. The molecule has 0 aromatic carbocycles. The molecular weight excluding hydrogens is 392 g/mol. The molecule has 31 heavy (non-hydrogen) atoms. The summed E-state index contributed by atoms with van der Waals surface area (Å²) in [5.41, 5.74) is 0. The molecule has 1 N–H and O–H groups in total. The van der Waals surface area contributed by atoms with Crippen LogP contribution in [-0.4, -0.2) is 50.7 Å². The zero-order chi connectivity index (χ0) is 22.7. The molecule has 0 aromatic rings. The number of carboxylic acid groups (broad SMARTS) is 1. The average molecular weight is 445 g/mol. The standard InChI is InChI=1S/C26H52O5/c1-2-29-22-23-31-25-24-30-21-19-17-15-13-11-9-7-5-3-4-6-8-10-12-14-16-18-20-26(27)28/h2-25H2,1H3,(H,27,28). The maximum Gasteiger partial charge on any atom is 0.303 e. The highest BCUT2D eigenvalue weighted by Crippen LogP contribution is 2.14. The minimum Gasteiger partial charge on any atom is -0.481 e. The number of hydrogen-bond donors (Lipinski definition) is 1. The number of unbranched alkanes of at least 4 members (excludes halogenated alkanes) is 16. The summed E-state index contributed by atoms with van der Waals surface area (Å²) in [6.45, 7) is 6.31. The van der Waals surface area contributed by atoms with Crippen molar-refractivity contribution in [2.24, 2.45) is 0 Å². The van der Waals surface area contributed by atoms with Gasteiger partial charge < -0.3 is 19.3 Å². The fourth-order valence-corrected chi connectivity index (χ4v) is 3.72.